The van der Waals surface area contributed by atoms with Gasteiger partial charge < -0.3 is 24.6 Å². The van der Waals surface area contributed by atoms with E-state index < -0.39 is 34.8 Å². The van der Waals surface area contributed by atoms with E-state index in [1.807, 2.05) is 60.7 Å². The Morgan fingerprint density at radius 3 is 2.24 bits per heavy atom. The quantitative estimate of drug-likeness (QED) is 0.314. The molecule has 0 radical (unpaired) electrons. The van der Waals surface area contributed by atoms with Crippen LogP contribution in [0.1, 0.15) is 36.5 Å². The number of carbonyl (C=O) groups excluding carboxylic acids is 4. The minimum atomic E-state index is -0.829. The van der Waals surface area contributed by atoms with Crippen LogP contribution < -0.4 is 5.32 Å². The maximum atomic E-state index is 13.7. The summed E-state index contributed by atoms with van der Waals surface area (Å²) in [5.41, 5.74) is 2.09. The summed E-state index contributed by atoms with van der Waals surface area (Å²) in [4.78, 5) is 53.1. The van der Waals surface area contributed by atoms with E-state index in [1.54, 1.807) is 11.1 Å². The molecule has 3 aliphatic heterocycles. The van der Waals surface area contributed by atoms with Crippen molar-refractivity contribution < 1.29 is 28.7 Å². The summed E-state index contributed by atoms with van der Waals surface area (Å²) in [5.74, 6) is -0.801. The average molecular weight is 536 g/mol. The number of benzene rings is 2. The number of nitrogens with one attached hydrogen (secondary N) is 1. The van der Waals surface area contributed by atoms with Crippen LogP contribution in [0.15, 0.2) is 72.4 Å². The highest BCUT2D eigenvalue weighted by molar-refractivity contribution is 8.01. The number of ether oxygens (including phenoxy) is 2. The van der Waals surface area contributed by atoms with Crippen molar-refractivity contribution in [2.75, 3.05) is 19.7 Å². The molecule has 0 saturated carbocycles. The second-order valence-electron chi connectivity index (χ2n) is 9.36. The molecule has 38 heavy (non-hydrogen) atoms. The van der Waals surface area contributed by atoms with Gasteiger partial charge in [0.2, 0.25) is 6.41 Å². The monoisotopic (exact) mass is 535 g/mol. The van der Waals surface area contributed by atoms with Gasteiger partial charge in [-0.1, -0.05) is 60.7 Å². The Kier molecular flexibility index (Phi) is 7.97. The fourth-order valence-corrected chi connectivity index (χ4v) is 6.26. The number of thioether (sulfide) groups is 1. The van der Waals surface area contributed by atoms with Gasteiger partial charge in [0.25, 0.3) is 5.91 Å². The number of hydrogen-bond acceptors (Lipinski definition) is 7. The lowest BCUT2D eigenvalue weighted by atomic mass is 10.0. The van der Waals surface area contributed by atoms with E-state index in [9.17, 15) is 19.2 Å². The number of piperidine rings is 1. The number of likely N-dealkylation sites (tertiary alicyclic amines) is 1. The van der Waals surface area contributed by atoms with Gasteiger partial charge in [0.05, 0.1) is 0 Å². The number of fused-ring (bicyclic) bond motifs is 1. The Hall–Kier alpha value is -3.79. The third kappa shape index (κ3) is 5.40. The molecule has 9 nitrogen and oxygen atoms in total. The molecule has 10 heteroatoms. The zero-order chi connectivity index (χ0) is 26.5. The van der Waals surface area contributed by atoms with E-state index in [0.717, 1.165) is 30.4 Å². The first kappa shape index (κ1) is 25.8. The van der Waals surface area contributed by atoms with E-state index in [2.05, 4.69) is 5.32 Å². The molecule has 198 valence electrons. The zero-order valence-electron chi connectivity index (χ0n) is 20.7. The van der Waals surface area contributed by atoms with Crippen molar-refractivity contribution in [3.63, 3.8) is 0 Å². The van der Waals surface area contributed by atoms with E-state index in [-0.39, 0.29) is 12.5 Å². The van der Waals surface area contributed by atoms with Gasteiger partial charge in [-0.05, 0) is 30.4 Å². The second kappa shape index (κ2) is 11.7. The fourth-order valence-electron chi connectivity index (χ4n) is 4.86. The first-order chi connectivity index (χ1) is 18.6. The van der Waals surface area contributed by atoms with Crippen LogP contribution in [-0.4, -0.2) is 70.5 Å². The van der Waals surface area contributed by atoms with Crippen molar-refractivity contribution in [1.82, 2.24) is 15.1 Å². The molecule has 2 aromatic rings. The number of carbonyl (C=O) groups is 4. The summed E-state index contributed by atoms with van der Waals surface area (Å²) >= 11 is 1.20. The summed E-state index contributed by atoms with van der Waals surface area (Å²) in [6.07, 6.45) is 3.89. The lowest BCUT2D eigenvalue weighted by Crippen LogP contribution is -2.68. The third-order valence-corrected chi connectivity index (χ3v) is 8.42. The van der Waals surface area contributed by atoms with Crippen LogP contribution >= 0.6 is 11.8 Å². The molecule has 3 amide bonds. The SMILES string of the molecule is O=CNC1C(=O)N2C=C(COC(=O)N3CCCCC3)C(C(=O)OC(c3ccccc3)c3ccccc3)S[C@H]12. The molecule has 2 fully saturated rings. The van der Waals surface area contributed by atoms with Crippen molar-refractivity contribution in [2.45, 2.75) is 42.0 Å². The molecular formula is C28H29N3O6S. The second-order valence-corrected chi connectivity index (χ2v) is 10.6. The van der Waals surface area contributed by atoms with Crippen LogP contribution in [0, 0.1) is 0 Å². The van der Waals surface area contributed by atoms with Crippen molar-refractivity contribution in [1.29, 1.82) is 0 Å². The van der Waals surface area contributed by atoms with Gasteiger partial charge in [-0.15, -0.1) is 11.8 Å². The number of rotatable bonds is 8. The van der Waals surface area contributed by atoms with Crippen molar-refractivity contribution in [3.8, 4) is 0 Å². The number of esters is 1. The highest BCUT2D eigenvalue weighted by Crippen LogP contribution is 2.42. The largest absolute Gasteiger partial charge is 0.451 e. The zero-order valence-corrected chi connectivity index (χ0v) is 21.5. The minimum Gasteiger partial charge on any atom is -0.451 e. The first-order valence-corrected chi connectivity index (χ1v) is 13.6. The van der Waals surface area contributed by atoms with E-state index in [1.165, 1.54) is 16.7 Å². The smallest absolute Gasteiger partial charge is 0.410 e. The molecule has 2 aromatic carbocycles. The van der Waals surface area contributed by atoms with Gasteiger partial charge in [-0.3, -0.25) is 14.4 Å². The van der Waals surface area contributed by atoms with Gasteiger partial charge >= 0.3 is 12.1 Å². The van der Waals surface area contributed by atoms with Crippen LogP contribution in [0.4, 0.5) is 4.79 Å². The topological polar surface area (TPSA) is 105 Å². The van der Waals surface area contributed by atoms with Gasteiger partial charge in [0, 0.05) is 24.9 Å². The molecule has 0 aromatic heterocycles. The van der Waals surface area contributed by atoms with Crippen molar-refractivity contribution in [2.24, 2.45) is 0 Å². The summed E-state index contributed by atoms with van der Waals surface area (Å²) in [6, 6.07) is 18.2. The van der Waals surface area contributed by atoms with Gasteiger partial charge in [-0.25, -0.2) is 4.79 Å². The van der Waals surface area contributed by atoms with Crippen LogP contribution in [-0.2, 0) is 23.9 Å². The Labute approximate surface area is 225 Å². The number of β-lactam (4-membered cyclic amide) rings is 1. The predicted octanol–water partition coefficient (Wildman–Crippen LogP) is 3.22. The number of hydrogen-bond donors (Lipinski definition) is 1. The first-order valence-electron chi connectivity index (χ1n) is 12.7. The van der Waals surface area contributed by atoms with E-state index in [4.69, 9.17) is 9.47 Å². The van der Waals surface area contributed by atoms with Crippen LogP contribution in [0.2, 0.25) is 0 Å². The Morgan fingerprint density at radius 2 is 1.63 bits per heavy atom. The molecule has 3 aliphatic rings. The lowest BCUT2D eigenvalue weighted by Gasteiger charge is -2.48. The molecule has 0 aliphatic carbocycles. The number of amides is 3. The van der Waals surface area contributed by atoms with Crippen LogP contribution in [0.5, 0.6) is 0 Å². The molecule has 3 heterocycles. The van der Waals surface area contributed by atoms with Gasteiger partial charge in [0.1, 0.15) is 23.3 Å². The fraction of sp³-hybridized carbons (Fsp3) is 0.357. The predicted molar refractivity (Wildman–Crippen MR) is 141 cm³/mol. The maximum Gasteiger partial charge on any atom is 0.410 e. The van der Waals surface area contributed by atoms with Crippen molar-refractivity contribution in [3.05, 3.63) is 83.6 Å². The summed E-state index contributed by atoms with van der Waals surface area (Å²) in [6.45, 7) is 1.13. The highest BCUT2D eigenvalue weighted by atomic mass is 32.2. The minimum absolute atomic E-state index is 0.147. The standard InChI is InChI=1S/C28H29N3O6S/c32-18-29-22-25(33)31-16-21(17-36-28(35)30-14-8-3-9-15-30)24(38-26(22)31)27(34)37-23(19-10-4-1-5-11-19)20-12-6-2-7-13-20/h1-2,4-7,10-13,16,18,22-24,26H,3,8-9,14-15,17H2,(H,29,32)/t22?,24?,26-/m1/s1. The maximum absolute atomic E-state index is 13.7. The van der Waals surface area contributed by atoms with E-state index in [0.29, 0.717) is 25.1 Å². The molecule has 2 unspecified atom stereocenters. The lowest BCUT2D eigenvalue weighted by molar-refractivity contribution is -0.147. The number of nitrogens with zero attached hydrogens (tertiary/aromatic N) is 2. The Bertz CT molecular complexity index is 1160. The molecule has 2 saturated heterocycles. The molecule has 0 bridgehead atoms. The normalized spacial score (nSPS) is 22.6. The summed E-state index contributed by atoms with van der Waals surface area (Å²) in [7, 11) is 0. The third-order valence-electron chi connectivity index (χ3n) is 6.87. The van der Waals surface area contributed by atoms with Crippen LogP contribution in [0.25, 0.3) is 0 Å². The average Bonchev–Trinajstić information content (AvgIpc) is 2.98. The summed E-state index contributed by atoms with van der Waals surface area (Å²) < 4.78 is 11.7. The molecule has 0 spiro atoms. The highest BCUT2D eigenvalue weighted by Gasteiger charge is 2.52. The van der Waals surface area contributed by atoms with Crippen LogP contribution in [0.3, 0.4) is 0 Å². The van der Waals surface area contributed by atoms with E-state index >= 15 is 0 Å². The molecule has 3 atom stereocenters. The Balaban J connectivity index is 1.37. The molecular weight excluding hydrogens is 506 g/mol. The van der Waals surface area contributed by atoms with Crippen molar-refractivity contribution >= 4 is 36.1 Å². The van der Waals surface area contributed by atoms with Gasteiger partial charge in [0.15, 0.2) is 6.10 Å². The van der Waals surface area contributed by atoms with Gasteiger partial charge in [-0.2, -0.15) is 0 Å². The molecule has 5 rings (SSSR count). The summed E-state index contributed by atoms with van der Waals surface area (Å²) in [5, 5.41) is 1.24. The molecule has 1 N–H and O–H groups in total. The Morgan fingerprint density at radius 1 is 1.00 bits per heavy atom.